The van der Waals surface area contributed by atoms with Gasteiger partial charge in [-0.15, -0.1) is 0 Å². The summed E-state index contributed by atoms with van der Waals surface area (Å²) in [5, 5.41) is 0. The van der Waals surface area contributed by atoms with Gasteiger partial charge >= 0.3 is 0 Å². The lowest BCUT2D eigenvalue weighted by Gasteiger charge is -2.23. The van der Waals surface area contributed by atoms with Gasteiger partial charge in [0, 0.05) is 0 Å². The van der Waals surface area contributed by atoms with Gasteiger partial charge < -0.3 is 4.74 Å². The summed E-state index contributed by atoms with van der Waals surface area (Å²) < 4.78 is 5.96. The Bertz CT molecular complexity index is 309. The van der Waals surface area contributed by atoms with E-state index in [0.717, 1.165) is 12.2 Å². The number of hydrogen-bond acceptors (Lipinski definition) is 1. The molecule has 1 nitrogen and oxygen atoms in total. The van der Waals surface area contributed by atoms with Gasteiger partial charge in [0.05, 0.1) is 0 Å². The van der Waals surface area contributed by atoms with Crippen LogP contribution in [0.1, 0.15) is 52.5 Å². The monoisotopic (exact) mass is 220 g/mol. The van der Waals surface area contributed by atoms with Crippen molar-refractivity contribution in [3.05, 3.63) is 29.8 Å². The first-order valence-corrected chi connectivity index (χ1v) is 6.30. The van der Waals surface area contributed by atoms with Gasteiger partial charge in [0.15, 0.2) is 0 Å². The molecule has 0 aromatic heterocycles. The predicted octanol–water partition coefficient (Wildman–Crippen LogP) is 4.60. The molecule has 16 heavy (non-hydrogen) atoms. The minimum absolute atomic E-state index is 0.110. The van der Waals surface area contributed by atoms with Gasteiger partial charge in [-0.3, -0.25) is 0 Å². The molecular formula is C15H24O. The molecule has 0 unspecified atom stereocenters. The molecule has 1 aromatic carbocycles. The number of ether oxygens (including phenoxy) is 1. The van der Waals surface area contributed by atoms with E-state index in [4.69, 9.17) is 4.74 Å². The lowest BCUT2D eigenvalue weighted by atomic mass is 10.1. The van der Waals surface area contributed by atoms with Crippen LogP contribution in [0.5, 0.6) is 5.75 Å². The van der Waals surface area contributed by atoms with Gasteiger partial charge in [-0.05, 0) is 45.2 Å². The van der Waals surface area contributed by atoms with Crippen LogP contribution in [0, 0.1) is 0 Å². The summed E-state index contributed by atoms with van der Waals surface area (Å²) in [5.41, 5.74) is 1.23. The standard InChI is InChI=1S/C15H24O/c1-5-6-7-10-13-11-8-9-12-14(13)16-15(2,3)4/h8-9,11-12H,5-7,10H2,1-4H3. The zero-order valence-corrected chi connectivity index (χ0v) is 11.0. The molecule has 0 fully saturated rings. The van der Waals surface area contributed by atoms with E-state index < -0.39 is 0 Å². The van der Waals surface area contributed by atoms with E-state index in [1.165, 1.54) is 24.8 Å². The average Bonchev–Trinajstić information content (AvgIpc) is 2.19. The molecule has 0 heterocycles. The van der Waals surface area contributed by atoms with Crippen LogP contribution in [0.3, 0.4) is 0 Å². The maximum atomic E-state index is 5.96. The summed E-state index contributed by atoms with van der Waals surface area (Å²) in [5.74, 6) is 1.05. The zero-order valence-electron chi connectivity index (χ0n) is 11.0. The average molecular weight is 220 g/mol. The SMILES string of the molecule is CCCCCc1ccccc1OC(C)(C)C. The molecule has 0 amide bonds. The van der Waals surface area contributed by atoms with Crippen LogP contribution in [0.4, 0.5) is 0 Å². The third-order valence-corrected chi connectivity index (χ3v) is 2.44. The topological polar surface area (TPSA) is 9.23 Å². The molecule has 1 rings (SSSR count). The van der Waals surface area contributed by atoms with Crippen molar-refractivity contribution < 1.29 is 4.74 Å². The zero-order chi connectivity index (χ0) is 12.0. The fraction of sp³-hybridized carbons (Fsp3) is 0.600. The predicted molar refractivity (Wildman–Crippen MR) is 70.1 cm³/mol. The van der Waals surface area contributed by atoms with Crippen LogP contribution < -0.4 is 4.74 Å². The highest BCUT2D eigenvalue weighted by Gasteiger charge is 2.13. The van der Waals surface area contributed by atoms with Crippen LogP contribution >= 0.6 is 0 Å². The maximum absolute atomic E-state index is 5.96. The van der Waals surface area contributed by atoms with Crippen LogP contribution in [-0.4, -0.2) is 5.60 Å². The number of unbranched alkanes of at least 4 members (excludes halogenated alkanes) is 2. The largest absolute Gasteiger partial charge is 0.488 e. The highest BCUT2D eigenvalue weighted by atomic mass is 16.5. The summed E-state index contributed by atoms with van der Waals surface area (Å²) in [4.78, 5) is 0. The van der Waals surface area contributed by atoms with Crippen molar-refractivity contribution in [3.63, 3.8) is 0 Å². The van der Waals surface area contributed by atoms with Gasteiger partial charge in [-0.1, -0.05) is 38.0 Å². The van der Waals surface area contributed by atoms with Crippen molar-refractivity contribution >= 4 is 0 Å². The Kier molecular flexibility index (Phi) is 4.85. The van der Waals surface area contributed by atoms with Crippen LogP contribution in [-0.2, 0) is 6.42 Å². The van der Waals surface area contributed by atoms with E-state index in [1.54, 1.807) is 0 Å². The quantitative estimate of drug-likeness (QED) is 0.659. The Hall–Kier alpha value is -0.980. The minimum Gasteiger partial charge on any atom is -0.488 e. The number of aryl methyl sites for hydroxylation is 1. The van der Waals surface area contributed by atoms with Crippen molar-refractivity contribution in [2.24, 2.45) is 0 Å². The maximum Gasteiger partial charge on any atom is 0.123 e. The minimum atomic E-state index is -0.110. The lowest BCUT2D eigenvalue weighted by Crippen LogP contribution is -2.23. The Morgan fingerprint density at radius 3 is 2.38 bits per heavy atom. The van der Waals surface area contributed by atoms with E-state index in [2.05, 4.69) is 45.9 Å². The second-order valence-corrected chi connectivity index (χ2v) is 5.28. The van der Waals surface area contributed by atoms with Crippen molar-refractivity contribution in [1.82, 2.24) is 0 Å². The molecule has 0 N–H and O–H groups in total. The Labute approximate surface area is 99.8 Å². The van der Waals surface area contributed by atoms with Gasteiger partial charge in [-0.25, -0.2) is 0 Å². The second kappa shape index (κ2) is 5.93. The molecule has 0 aliphatic heterocycles. The summed E-state index contributed by atoms with van der Waals surface area (Å²) in [6, 6.07) is 8.39. The van der Waals surface area contributed by atoms with Crippen molar-refractivity contribution in [1.29, 1.82) is 0 Å². The number of hydrogen-bond donors (Lipinski definition) is 0. The van der Waals surface area contributed by atoms with E-state index >= 15 is 0 Å². The van der Waals surface area contributed by atoms with Gasteiger partial charge in [-0.2, -0.15) is 0 Å². The van der Waals surface area contributed by atoms with E-state index in [0.29, 0.717) is 0 Å². The molecule has 1 heteroatoms. The first-order chi connectivity index (χ1) is 7.53. The Balaban J connectivity index is 2.68. The molecule has 0 aliphatic rings. The molecule has 90 valence electrons. The summed E-state index contributed by atoms with van der Waals surface area (Å²) >= 11 is 0. The summed E-state index contributed by atoms with van der Waals surface area (Å²) in [6.45, 7) is 8.51. The lowest BCUT2D eigenvalue weighted by molar-refractivity contribution is 0.129. The molecule has 0 radical (unpaired) electrons. The molecule has 0 atom stereocenters. The molecule has 0 saturated heterocycles. The van der Waals surface area contributed by atoms with Gasteiger partial charge in [0.1, 0.15) is 11.4 Å². The van der Waals surface area contributed by atoms with Crippen molar-refractivity contribution in [2.75, 3.05) is 0 Å². The molecule has 0 saturated carbocycles. The molecule has 0 aliphatic carbocycles. The fourth-order valence-corrected chi connectivity index (χ4v) is 1.71. The van der Waals surface area contributed by atoms with Crippen LogP contribution in [0.15, 0.2) is 24.3 Å². The molecule has 0 bridgehead atoms. The number of rotatable bonds is 5. The fourth-order valence-electron chi connectivity index (χ4n) is 1.71. The molecule has 1 aromatic rings. The van der Waals surface area contributed by atoms with Gasteiger partial charge in [0.2, 0.25) is 0 Å². The van der Waals surface area contributed by atoms with Crippen molar-refractivity contribution in [3.8, 4) is 5.75 Å². The number of para-hydroxylation sites is 1. The van der Waals surface area contributed by atoms with E-state index in [1.807, 2.05) is 6.07 Å². The Morgan fingerprint density at radius 1 is 1.06 bits per heavy atom. The molecule has 0 spiro atoms. The first-order valence-electron chi connectivity index (χ1n) is 6.30. The van der Waals surface area contributed by atoms with E-state index in [9.17, 15) is 0 Å². The number of benzene rings is 1. The highest BCUT2D eigenvalue weighted by Crippen LogP contribution is 2.24. The highest BCUT2D eigenvalue weighted by molar-refractivity contribution is 5.33. The first kappa shape index (κ1) is 13.1. The Morgan fingerprint density at radius 2 is 1.75 bits per heavy atom. The van der Waals surface area contributed by atoms with E-state index in [-0.39, 0.29) is 5.60 Å². The smallest absolute Gasteiger partial charge is 0.123 e. The summed E-state index contributed by atoms with van der Waals surface area (Å²) in [6.07, 6.45) is 4.94. The normalized spacial score (nSPS) is 11.5. The third-order valence-electron chi connectivity index (χ3n) is 2.44. The van der Waals surface area contributed by atoms with Crippen LogP contribution in [0.25, 0.3) is 0 Å². The second-order valence-electron chi connectivity index (χ2n) is 5.28. The van der Waals surface area contributed by atoms with Crippen LogP contribution in [0.2, 0.25) is 0 Å². The third kappa shape index (κ3) is 4.69. The summed E-state index contributed by atoms with van der Waals surface area (Å²) in [7, 11) is 0. The van der Waals surface area contributed by atoms with Crippen molar-refractivity contribution in [2.45, 2.75) is 59.0 Å². The van der Waals surface area contributed by atoms with Gasteiger partial charge in [0.25, 0.3) is 0 Å². The molecular weight excluding hydrogens is 196 g/mol.